The maximum Gasteiger partial charge on any atom is 0.254 e. The summed E-state index contributed by atoms with van der Waals surface area (Å²) in [7, 11) is 0. The Hall–Kier alpha value is -0.840. The molecule has 1 aromatic carbocycles. The van der Waals surface area contributed by atoms with Gasteiger partial charge in [0.05, 0.1) is 11.6 Å². The zero-order chi connectivity index (χ0) is 14.7. The number of carbonyl (C=O) groups is 1. The monoisotopic (exact) mass is 371 g/mol. The maximum absolute atomic E-state index is 12.6. The molecule has 20 heavy (non-hydrogen) atoms. The molecule has 0 unspecified atom stereocenters. The normalized spacial score (nSPS) is 10.8. The van der Waals surface area contributed by atoms with Crippen LogP contribution in [0.25, 0.3) is 0 Å². The van der Waals surface area contributed by atoms with Gasteiger partial charge in [-0.15, -0.1) is 11.3 Å². The number of thiophene rings is 1. The minimum Gasteiger partial charge on any atom is -0.331 e. The van der Waals surface area contributed by atoms with Crippen LogP contribution >= 0.6 is 38.9 Å². The van der Waals surface area contributed by atoms with Crippen LogP contribution in [0.15, 0.2) is 40.2 Å². The summed E-state index contributed by atoms with van der Waals surface area (Å²) in [4.78, 5) is 15.7. The number of rotatable bonds is 4. The minimum atomic E-state index is 0.00259. The highest BCUT2D eigenvalue weighted by Crippen LogP contribution is 2.25. The summed E-state index contributed by atoms with van der Waals surface area (Å²) >= 11 is 11.1. The summed E-state index contributed by atoms with van der Waals surface area (Å²) in [5.74, 6) is 0.00259. The summed E-state index contributed by atoms with van der Waals surface area (Å²) in [6, 6.07) is 9.48. The number of carbonyl (C=O) groups excluding carboxylic acids is 1. The van der Waals surface area contributed by atoms with Crippen molar-refractivity contribution in [2.45, 2.75) is 26.4 Å². The largest absolute Gasteiger partial charge is 0.331 e. The molecule has 5 heteroatoms. The van der Waals surface area contributed by atoms with E-state index in [1.807, 2.05) is 36.3 Å². The van der Waals surface area contributed by atoms with Gasteiger partial charge in [0.2, 0.25) is 0 Å². The Kier molecular flexibility index (Phi) is 5.24. The smallest absolute Gasteiger partial charge is 0.254 e. The molecule has 0 bridgehead atoms. The number of halogens is 2. The molecule has 1 heterocycles. The molecule has 1 amide bonds. The van der Waals surface area contributed by atoms with Gasteiger partial charge in [0.15, 0.2) is 0 Å². The third kappa shape index (κ3) is 3.62. The van der Waals surface area contributed by atoms with Crippen molar-refractivity contribution in [2.24, 2.45) is 0 Å². The predicted octanol–water partition coefficient (Wildman–Crippen LogP) is 5.21. The molecule has 106 valence electrons. The highest BCUT2D eigenvalue weighted by molar-refractivity contribution is 9.10. The lowest BCUT2D eigenvalue weighted by Crippen LogP contribution is -2.36. The van der Waals surface area contributed by atoms with Gasteiger partial charge >= 0.3 is 0 Å². The summed E-state index contributed by atoms with van der Waals surface area (Å²) < 4.78 is 0.796. The zero-order valence-corrected chi connectivity index (χ0v) is 14.4. The van der Waals surface area contributed by atoms with E-state index >= 15 is 0 Å². The fraction of sp³-hybridized carbons (Fsp3) is 0.267. The topological polar surface area (TPSA) is 20.3 Å². The molecule has 0 aliphatic heterocycles. The molecule has 0 spiro atoms. The summed E-state index contributed by atoms with van der Waals surface area (Å²) in [6.45, 7) is 4.67. The summed E-state index contributed by atoms with van der Waals surface area (Å²) in [5, 5.41) is 2.57. The Morgan fingerprint density at radius 2 is 2.15 bits per heavy atom. The third-order valence-corrected chi connectivity index (χ3v) is 5.05. The lowest BCUT2D eigenvalue weighted by atomic mass is 10.1. The lowest BCUT2D eigenvalue weighted by Gasteiger charge is -2.26. The quantitative estimate of drug-likeness (QED) is 0.721. The van der Waals surface area contributed by atoms with E-state index in [2.05, 4.69) is 15.9 Å². The summed E-state index contributed by atoms with van der Waals surface area (Å²) in [5.41, 5.74) is 0.614. The van der Waals surface area contributed by atoms with Crippen LogP contribution in [0.3, 0.4) is 0 Å². The van der Waals surface area contributed by atoms with Gasteiger partial charge in [-0.2, -0.15) is 0 Å². The zero-order valence-electron chi connectivity index (χ0n) is 11.3. The molecule has 0 aliphatic carbocycles. The number of amides is 1. The van der Waals surface area contributed by atoms with Crippen molar-refractivity contribution < 1.29 is 4.79 Å². The first-order valence-corrected chi connectivity index (χ1v) is 8.32. The Labute approximate surface area is 136 Å². The molecule has 0 fully saturated rings. The van der Waals surface area contributed by atoms with Crippen molar-refractivity contribution in [3.05, 3.63) is 55.6 Å². The molecule has 1 aromatic heterocycles. The van der Waals surface area contributed by atoms with E-state index in [1.165, 1.54) is 4.88 Å². The van der Waals surface area contributed by atoms with E-state index < -0.39 is 0 Å². The first kappa shape index (κ1) is 15.5. The number of hydrogen-bond donors (Lipinski definition) is 0. The van der Waals surface area contributed by atoms with E-state index in [0.29, 0.717) is 17.1 Å². The van der Waals surface area contributed by atoms with Gasteiger partial charge in [0.1, 0.15) is 0 Å². The van der Waals surface area contributed by atoms with Crippen LogP contribution in [0.5, 0.6) is 0 Å². The molecular formula is C15H15BrClNOS. The van der Waals surface area contributed by atoms with Gasteiger partial charge in [0, 0.05) is 21.0 Å². The van der Waals surface area contributed by atoms with Gasteiger partial charge < -0.3 is 4.90 Å². The van der Waals surface area contributed by atoms with E-state index in [4.69, 9.17) is 11.6 Å². The van der Waals surface area contributed by atoms with Gasteiger partial charge in [0.25, 0.3) is 5.91 Å². The Balaban J connectivity index is 2.24. The number of hydrogen-bond acceptors (Lipinski definition) is 2. The fourth-order valence-corrected chi connectivity index (χ4v) is 2.98. The minimum absolute atomic E-state index is 0.00259. The molecule has 0 aliphatic rings. The molecule has 2 nitrogen and oxygen atoms in total. The van der Waals surface area contributed by atoms with Gasteiger partial charge in [-0.1, -0.05) is 17.7 Å². The van der Waals surface area contributed by atoms with Gasteiger partial charge in [-0.05, 0) is 59.4 Å². The fourth-order valence-electron chi connectivity index (χ4n) is 1.85. The molecule has 0 atom stereocenters. The van der Waals surface area contributed by atoms with Crippen molar-refractivity contribution in [1.29, 1.82) is 0 Å². The Morgan fingerprint density at radius 3 is 2.70 bits per heavy atom. The molecule has 0 radical (unpaired) electrons. The van der Waals surface area contributed by atoms with E-state index in [9.17, 15) is 4.79 Å². The van der Waals surface area contributed by atoms with Crippen molar-refractivity contribution in [3.8, 4) is 0 Å². The van der Waals surface area contributed by atoms with Crippen LogP contribution in [0.2, 0.25) is 5.02 Å². The molecular weight excluding hydrogens is 358 g/mol. The number of nitrogens with zero attached hydrogens (tertiary/aromatic N) is 1. The van der Waals surface area contributed by atoms with Crippen molar-refractivity contribution in [1.82, 2.24) is 4.90 Å². The van der Waals surface area contributed by atoms with Crippen LogP contribution in [0, 0.1) is 0 Å². The number of benzene rings is 1. The first-order chi connectivity index (χ1) is 9.49. The van der Waals surface area contributed by atoms with Crippen molar-refractivity contribution in [3.63, 3.8) is 0 Å². The molecule has 2 aromatic rings. The van der Waals surface area contributed by atoms with E-state index in [1.54, 1.807) is 29.5 Å². The standard InChI is InChI=1S/C15H15BrClNOS/c1-10(2)18(9-12-4-3-7-20-12)15(19)11-5-6-13(16)14(17)8-11/h3-8,10H,9H2,1-2H3. The highest BCUT2D eigenvalue weighted by Gasteiger charge is 2.20. The Bertz CT molecular complexity index is 598. The van der Waals surface area contributed by atoms with Crippen molar-refractivity contribution >= 4 is 44.8 Å². The van der Waals surface area contributed by atoms with Crippen LogP contribution < -0.4 is 0 Å². The second kappa shape index (κ2) is 6.74. The van der Waals surface area contributed by atoms with E-state index in [0.717, 1.165) is 4.47 Å². The maximum atomic E-state index is 12.6. The molecule has 0 saturated heterocycles. The lowest BCUT2D eigenvalue weighted by molar-refractivity contribution is 0.0692. The third-order valence-electron chi connectivity index (χ3n) is 2.96. The first-order valence-electron chi connectivity index (χ1n) is 6.27. The SMILES string of the molecule is CC(C)N(Cc1cccs1)C(=O)c1ccc(Br)c(Cl)c1. The average molecular weight is 373 g/mol. The van der Waals surface area contributed by atoms with E-state index in [-0.39, 0.29) is 11.9 Å². The second-order valence-electron chi connectivity index (χ2n) is 4.74. The van der Waals surface area contributed by atoms with Crippen LogP contribution in [-0.2, 0) is 6.54 Å². The Morgan fingerprint density at radius 1 is 1.40 bits per heavy atom. The summed E-state index contributed by atoms with van der Waals surface area (Å²) in [6.07, 6.45) is 0. The molecule has 0 N–H and O–H groups in total. The average Bonchev–Trinajstić information content (AvgIpc) is 2.91. The molecule has 0 saturated carbocycles. The molecule has 2 rings (SSSR count). The van der Waals surface area contributed by atoms with Crippen LogP contribution in [-0.4, -0.2) is 16.8 Å². The van der Waals surface area contributed by atoms with Gasteiger partial charge in [-0.3, -0.25) is 4.79 Å². The highest BCUT2D eigenvalue weighted by atomic mass is 79.9. The predicted molar refractivity (Wildman–Crippen MR) is 88.5 cm³/mol. The van der Waals surface area contributed by atoms with Crippen molar-refractivity contribution in [2.75, 3.05) is 0 Å². The van der Waals surface area contributed by atoms with Crippen LogP contribution in [0.1, 0.15) is 29.1 Å². The van der Waals surface area contributed by atoms with Crippen LogP contribution in [0.4, 0.5) is 0 Å². The van der Waals surface area contributed by atoms with Gasteiger partial charge in [-0.25, -0.2) is 0 Å². The second-order valence-corrected chi connectivity index (χ2v) is 7.03.